The van der Waals surface area contributed by atoms with Gasteiger partial charge in [0.1, 0.15) is 11.7 Å². The van der Waals surface area contributed by atoms with Crippen molar-refractivity contribution in [3.05, 3.63) is 54.4 Å². The second kappa shape index (κ2) is 8.80. The number of anilines is 4. The first kappa shape index (κ1) is 23.3. The predicted molar refractivity (Wildman–Crippen MR) is 134 cm³/mol. The molecule has 0 bridgehead atoms. The van der Waals surface area contributed by atoms with Crippen LogP contribution in [0.5, 0.6) is 0 Å². The zero-order chi connectivity index (χ0) is 25.7. The number of halogens is 1. The summed E-state index contributed by atoms with van der Waals surface area (Å²) < 4.78 is 39.8. The number of aromatic amines is 1. The van der Waals surface area contributed by atoms with Gasteiger partial charge in [-0.05, 0) is 43.5 Å². The maximum Gasteiger partial charge on any atom is 0.247 e. The predicted octanol–water partition coefficient (Wildman–Crippen LogP) is 2.24. The molecule has 1 saturated heterocycles. The highest BCUT2D eigenvalue weighted by Gasteiger charge is 2.43. The Balaban J connectivity index is 1.33. The van der Waals surface area contributed by atoms with Gasteiger partial charge >= 0.3 is 0 Å². The number of hydrogen-bond acceptors (Lipinski definition) is 9. The molecule has 1 amide bonds. The molecule has 14 heteroatoms. The van der Waals surface area contributed by atoms with Crippen LogP contribution in [-0.4, -0.2) is 68.0 Å². The Hall–Kier alpha value is -4.07. The average Bonchev–Trinajstić information content (AvgIpc) is 3.24. The minimum Gasteiger partial charge on any atom is -0.327 e. The largest absolute Gasteiger partial charge is 0.327 e. The van der Waals surface area contributed by atoms with Gasteiger partial charge in [0, 0.05) is 36.7 Å². The van der Waals surface area contributed by atoms with Gasteiger partial charge in [-0.25, -0.2) is 13.4 Å². The van der Waals surface area contributed by atoms with Crippen molar-refractivity contribution in [3.63, 3.8) is 0 Å². The Morgan fingerprint density at radius 1 is 1.22 bits per heavy atom. The van der Waals surface area contributed by atoms with Crippen LogP contribution in [0.2, 0.25) is 0 Å². The number of rotatable bonds is 7. The minimum atomic E-state index is -3.45. The van der Waals surface area contributed by atoms with Gasteiger partial charge in [-0.3, -0.25) is 14.3 Å². The summed E-state index contributed by atoms with van der Waals surface area (Å²) in [6, 6.07) is 7.19. The van der Waals surface area contributed by atoms with E-state index in [0.29, 0.717) is 29.0 Å². The lowest BCUT2D eigenvalue weighted by Crippen LogP contribution is -2.40. The number of hydrogen-bond donors (Lipinski definition) is 3. The first-order chi connectivity index (χ1) is 17.7. The zero-order valence-electron chi connectivity index (χ0n) is 19.8. The highest BCUT2D eigenvalue weighted by molar-refractivity contribution is 7.91. The van der Waals surface area contributed by atoms with Gasteiger partial charge in [0.25, 0.3) is 0 Å². The Morgan fingerprint density at radius 2 is 2.05 bits per heavy atom. The van der Waals surface area contributed by atoms with E-state index >= 15 is 0 Å². The van der Waals surface area contributed by atoms with Crippen LogP contribution < -0.4 is 15.5 Å². The zero-order valence-corrected chi connectivity index (χ0v) is 20.6. The van der Waals surface area contributed by atoms with Crippen molar-refractivity contribution < 1.29 is 17.6 Å². The van der Waals surface area contributed by atoms with Crippen LogP contribution in [-0.2, 0) is 14.6 Å². The van der Waals surface area contributed by atoms with E-state index in [4.69, 9.17) is 0 Å². The third-order valence-corrected chi connectivity index (χ3v) is 8.21. The maximum absolute atomic E-state index is 13.3. The number of pyridine rings is 1. The Bertz CT molecular complexity index is 1580. The van der Waals surface area contributed by atoms with E-state index in [-0.39, 0.29) is 18.9 Å². The number of aromatic nitrogens is 6. The first-order valence-electron chi connectivity index (χ1n) is 11.8. The molecule has 0 radical (unpaired) electrons. The summed E-state index contributed by atoms with van der Waals surface area (Å²) in [6.07, 6.45) is 6.47. The highest BCUT2D eigenvalue weighted by Crippen LogP contribution is 2.39. The van der Waals surface area contributed by atoms with E-state index < -0.39 is 33.0 Å². The Morgan fingerprint density at radius 3 is 2.78 bits per heavy atom. The SMILES string of the molecule is CS(=O)(=O)[C@@H]1C[C@@H](C(=O)Nc2ccc(F)nc2)N(c2nc(Nc3cc(C4CC4)[nH]n3)n3cccc3n2)C1. The van der Waals surface area contributed by atoms with Crippen LogP contribution in [0, 0.1) is 5.95 Å². The molecule has 2 aliphatic rings. The standard InChI is InChI=1S/C23H24FN9O3S/c1-37(35,36)15-9-17(21(34)26-14-6-7-18(24)25-11-14)33(12-15)23-28-20-3-2-8-32(20)22(29-23)27-19-10-16(30-31-19)13-4-5-13/h2-3,6-8,10-11,13,15,17H,4-5,9,12H2,1H3,(H,26,34)(H2,27,28,29,30,31)/t15-,17+/m1/s1. The smallest absolute Gasteiger partial charge is 0.247 e. The van der Waals surface area contributed by atoms with Gasteiger partial charge in [-0.15, -0.1) is 0 Å². The van der Waals surface area contributed by atoms with E-state index in [1.165, 1.54) is 12.3 Å². The van der Waals surface area contributed by atoms with Crippen LogP contribution in [0.15, 0.2) is 42.7 Å². The number of fused-ring (bicyclic) bond motifs is 1. The number of carbonyl (C=O) groups excluding carboxylic acids is 1. The van der Waals surface area contributed by atoms with E-state index in [0.717, 1.165) is 30.9 Å². The number of carbonyl (C=O) groups is 1. The molecule has 6 rings (SSSR count). The van der Waals surface area contributed by atoms with Gasteiger partial charge in [-0.2, -0.15) is 19.5 Å². The highest BCUT2D eigenvalue weighted by atomic mass is 32.2. The molecule has 4 aromatic rings. The molecule has 12 nitrogen and oxygen atoms in total. The van der Waals surface area contributed by atoms with Gasteiger partial charge in [0.05, 0.1) is 17.1 Å². The van der Waals surface area contributed by atoms with Crippen LogP contribution >= 0.6 is 0 Å². The Kier molecular flexibility index (Phi) is 5.55. The fraction of sp³-hybridized carbons (Fsp3) is 0.348. The first-order valence-corrected chi connectivity index (χ1v) is 13.8. The number of amides is 1. The number of H-pyrrole nitrogens is 1. The van der Waals surface area contributed by atoms with Crippen molar-refractivity contribution in [2.75, 3.05) is 28.3 Å². The van der Waals surface area contributed by atoms with Crippen molar-refractivity contribution in [1.82, 2.24) is 29.5 Å². The quantitative estimate of drug-likeness (QED) is 0.309. The molecule has 5 heterocycles. The fourth-order valence-corrected chi connectivity index (χ4v) is 5.47. The van der Waals surface area contributed by atoms with Crippen molar-refractivity contribution in [2.45, 2.75) is 36.5 Å². The average molecular weight is 526 g/mol. The second-order valence-corrected chi connectivity index (χ2v) is 11.7. The van der Waals surface area contributed by atoms with Crippen molar-refractivity contribution in [2.24, 2.45) is 0 Å². The molecule has 1 saturated carbocycles. The fourth-order valence-electron chi connectivity index (χ4n) is 4.51. The third-order valence-electron chi connectivity index (χ3n) is 6.65. The van der Waals surface area contributed by atoms with Gasteiger partial charge in [0.15, 0.2) is 15.7 Å². The molecule has 0 spiro atoms. The molecular formula is C23H24FN9O3S. The van der Waals surface area contributed by atoms with Crippen LogP contribution in [0.4, 0.5) is 27.8 Å². The minimum absolute atomic E-state index is 0.0448. The molecule has 0 aromatic carbocycles. The summed E-state index contributed by atoms with van der Waals surface area (Å²) >= 11 is 0. The van der Waals surface area contributed by atoms with Gasteiger partial charge < -0.3 is 15.5 Å². The normalized spacial score (nSPS) is 19.9. The summed E-state index contributed by atoms with van der Waals surface area (Å²) in [6.45, 7) is 0.0448. The van der Waals surface area contributed by atoms with E-state index in [1.807, 2.05) is 12.1 Å². The Labute approximate surface area is 211 Å². The molecule has 192 valence electrons. The van der Waals surface area contributed by atoms with Crippen LogP contribution in [0.1, 0.15) is 30.9 Å². The van der Waals surface area contributed by atoms with Crippen LogP contribution in [0.3, 0.4) is 0 Å². The molecule has 4 aromatic heterocycles. The number of sulfone groups is 1. The summed E-state index contributed by atoms with van der Waals surface area (Å²) in [4.78, 5) is 27.7. The third kappa shape index (κ3) is 4.71. The molecule has 2 atom stereocenters. The molecular weight excluding hydrogens is 501 g/mol. The summed E-state index contributed by atoms with van der Waals surface area (Å²) in [5.74, 6) is 0.583. The molecule has 3 N–H and O–H groups in total. The molecule has 2 fully saturated rings. The maximum atomic E-state index is 13.3. The second-order valence-electron chi connectivity index (χ2n) is 9.41. The summed E-state index contributed by atoms with van der Waals surface area (Å²) in [5.41, 5.74) is 1.92. The lowest BCUT2D eigenvalue weighted by atomic mass is 10.2. The van der Waals surface area contributed by atoms with E-state index in [9.17, 15) is 17.6 Å². The van der Waals surface area contributed by atoms with Crippen LogP contribution in [0.25, 0.3) is 5.65 Å². The van der Waals surface area contributed by atoms with Crippen molar-refractivity contribution in [3.8, 4) is 0 Å². The van der Waals surface area contributed by atoms with E-state index in [2.05, 4.69) is 35.8 Å². The van der Waals surface area contributed by atoms with Crippen molar-refractivity contribution in [1.29, 1.82) is 0 Å². The van der Waals surface area contributed by atoms with Gasteiger partial charge in [0.2, 0.25) is 23.8 Å². The summed E-state index contributed by atoms with van der Waals surface area (Å²) in [5, 5.41) is 12.5. The summed E-state index contributed by atoms with van der Waals surface area (Å²) in [7, 11) is -3.45. The lowest BCUT2D eigenvalue weighted by molar-refractivity contribution is -0.117. The lowest BCUT2D eigenvalue weighted by Gasteiger charge is -2.24. The molecule has 1 aliphatic heterocycles. The van der Waals surface area contributed by atoms with Crippen molar-refractivity contribution >= 4 is 44.8 Å². The topological polar surface area (TPSA) is 150 Å². The number of nitrogens with one attached hydrogen (secondary N) is 3. The van der Waals surface area contributed by atoms with E-state index in [1.54, 1.807) is 21.6 Å². The molecule has 37 heavy (non-hydrogen) atoms. The molecule has 0 unspecified atom stereocenters. The molecule has 1 aliphatic carbocycles. The monoisotopic (exact) mass is 525 g/mol. The number of nitrogens with zero attached hydrogens (tertiary/aromatic N) is 6. The van der Waals surface area contributed by atoms with Gasteiger partial charge in [-0.1, -0.05) is 0 Å².